The second-order valence-corrected chi connectivity index (χ2v) is 7.96. The number of aromatic nitrogens is 1. The number of thioether (sulfide) groups is 1. The first-order valence-corrected chi connectivity index (χ1v) is 9.98. The van der Waals surface area contributed by atoms with Gasteiger partial charge in [-0.25, -0.2) is 0 Å². The van der Waals surface area contributed by atoms with E-state index in [4.69, 9.17) is 5.11 Å². The van der Waals surface area contributed by atoms with Crippen LogP contribution in [0.25, 0.3) is 0 Å². The SMILES string of the molecule is O=C(O)CN(CC1CC1)C1CC(NC(=O)CSCc2ccccn2)C1. The van der Waals surface area contributed by atoms with Crippen molar-refractivity contribution in [3.05, 3.63) is 30.1 Å². The summed E-state index contributed by atoms with van der Waals surface area (Å²) >= 11 is 1.56. The molecule has 2 N–H and O–H groups in total. The largest absolute Gasteiger partial charge is 0.480 e. The van der Waals surface area contributed by atoms with Crippen molar-refractivity contribution in [1.82, 2.24) is 15.2 Å². The first-order chi connectivity index (χ1) is 12.1. The molecule has 2 aliphatic carbocycles. The highest BCUT2D eigenvalue weighted by Crippen LogP contribution is 2.33. The van der Waals surface area contributed by atoms with E-state index in [1.807, 2.05) is 18.2 Å². The van der Waals surface area contributed by atoms with Crippen LogP contribution in [0, 0.1) is 5.92 Å². The summed E-state index contributed by atoms with van der Waals surface area (Å²) in [5.74, 6) is 1.12. The Bertz CT molecular complexity index is 588. The summed E-state index contributed by atoms with van der Waals surface area (Å²) in [7, 11) is 0. The van der Waals surface area contributed by atoms with Gasteiger partial charge in [-0.1, -0.05) is 6.07 Å². The summed E-state index contributed by atoms with van der Waals surface area (Å²) < 4.78 is 0. The van der Waals surface area contributed by atoms with Crippen molar-refractivity contribution in [3.63, 3.8) is 0 Å². The second-order valence-electron chi connectivity index (χ2n) is 6.97. The molecule has 0 radical (unpaired) electrons. The molecule has 7 heteroatoms. The Kier molecular flexibility index (Phi) is 6.31. The van der Waals surface area contributed by atoms with Gasteiger partial charge >= 0.3 is 5.97 Å². The van der Waals surface area contributed by atoms with Crippen LogP contribution in [0.15, 0.2) is 24.4 Å². The van der Waals surface area contributed by atoms with Crippen molar-refractivity contribution >= 4 is 23.6 Å². The Labute approximate surface area is 152 Å². The third-order valence-electron chi connectivity index (χ3n) is 4.73. The van der Waals surface area contributed by atoms with Gasteiger partial charge in [-0.2, -0.15) is 0 Å². The van der Waals surface area contributed by atoms with Crippen LogP contribution in [0.4, 0.5) is 0 Å². The van der Waals surface area contributed by atoms with Gasteiger partial charge in [0.15, 0.2) is 0 Å². The number of nitrogens with one attached hydrogen (secondary N) is 1. The number of hydrogen-bond acceptors (Lipinski definition) is 5. The predicted molar refractivity (Wildman–Crippen MR) is 97.3 cm³/mol. The van der Waals surface area contributed by atoms with Crippen molar-refractivity contribution in [3.8, 4) is 0 Å². The third-order valence-corrected chi connectivity index (χ3v) is 5.70. The van der Waals surface area contributed by atoms with Gasteiger partial charge in [0.1, 0.15) is 0 Å². The smallest absolute Gasteiger partial charge is 0.317 e. The summed E-state index contributed by atoms with van der Waals surface area (Å²) in [6, 6.07) is 6.26. The molecule has 2 fully saturated rings. The Balaban J connectivity index is 1.33. The molecule has 0 aromatic carbocycles. The molecule has 0 bridgehead atoms. The Morgan fingerprint density at radius 2 is 2.12 bits per heavy atom. The number of rotatable bonds is 10. The highest BCUT2D eigenvalue weighted by molar-refractivity contribution is 7.99. The van der Waals surface area contributed by atoms with Crippen LogP contribution in [0.2, 0.25) is 0 Å². The maximum atomic E-state index is 12.0. The van der Waals surface area contributed by atoms with Crippen molar-refractivity contribution in [1.29, 1.82) is 0 Å². The zero-order valence-corrected chi connectivity index (χ0v) is 15.1. The fraction of sp³-hybridized carbons (Fsp3) is 0.611. The molecule has 0 spiro atoms. The van der Waals surface area contributed by atoms with Crippen LogP contribution >= 0.6 is 11.8 Å². The number of aliphatic carboxylic acids is 1. The molecule has 1 amide bonds. The number of pyridine rings is 1. The van der Waals surface area contributed by atoms with Gasteiger partial charge in [-0.3, -0.25) is 19.5 Å². The highest BCUT2D eigenvalue weighted by Gasteiger charge is 2.37. The van der Waals surface area contributed by atoms with E-state index in [0.717, 1.165) is 30.8 Å². The topological polar surface area (TPSA) is 82.5 Å². The van der Waals surface area contributed by atoms with Crippen LogP contribution in [0.1, 0.15) is 31.4 Å². The molecule has 0 unspecified atom stereocenters. The molecule has 1 aromatic heterocycles. The highest BCUT2D eigenvalue weighted by atomic mass is 32.2. The Hall–Kier alpha value is -1.60. The lowest BCUT2D eigenvalue weighted by molar-refractivity contribution is -0.140. The fourth-order valence-corrected chi connectivity index (χ4v) is 3.90. The van der Waals surface area contributed by atoms with Gasteiger partial charge in [-0.15, -0.1) is 11.8 Å². The average Bonchev–Trinajstić information content (AvgIpc) is 3.34. The zero-order valence-electron chi connectivity index (χ0n) is 14.3. The van der Waals surface area contributed by atoms with Crippen LogP contribution in [0.3, 0.4) is 0 Å². The summed E-state index contributed by atoms with van der Waals surface area (Å²) in [6.07, 6.45) is 5.91. The minimum absolute atomic E-state index is 0.0522. The number of carbonyl (C=O) groups is 2. The number of carboxylic acid groups (broad SMARTS) is 1. The molecule has 6 nitrogen and oxygen atoms in total. The number of nitrogens with zero attached hydrogens (tertiary/aromatic N) is 2. The molecule has 2 saturated carbocycles. The van der Waals surface area contributed by atoms with E-state index in [1.54, 1.807) is 18.0 Å². The van der Waals surface area contributed by atoms with Crippen molar-refractivity contribution < 1.29 is 14.7 Å². The quantitative estimate of drug-likeness (QED) is 0.659. The maximum Gasteiger partial charge on any atom is 0.317 e. The molecule has 0 saturated heterocycles. The van der Waals surface area contributed by atoms with Crippen molar-refractivity contribution in [2.75, 3.05) is 18.8 Å². The number of carbonyl (C=O) groups excluding carboxylic acids is 1. The van der Waals surface area contributed by atoms with E-state index in [2.05, 4.69) is 15.2 Å². The van der Waals surface area contributed by atoms with E-state index >= 15 is 0 Å². The first kappa shape index (κ1) is 18.2. The molecule has 2 aliphatic rings. The second kappa shape index (κ2) is 8.67. The van der Waals surface area contributed by atoms with E-state index < -0.39 is 5.97 Å². The number of hydrogen-bond donors (Lipinski definition) is 2. The van der Waals surface area contributed by atoms with Crippen LogP contribution in [-0.2, 0) is 15.3 Å². The van der Waals surface area contributed by atoms with Crippen molar-refractivity contribution in [2.24, 2.45) is 5.92 Å². The normalized spacial score (nSPS) is 22.4. The molecule has 0 atom stereocenters. The van der Waals surface area contributed by atoms with Gasteiger partial charge < -0.3 is 10.4 Å². The molecule has 1 heterocycles. The molecule has 1 aromatic rings. The van der Waals surface area contributed by atoms with E-state index in [9.17, 15) is 9.59 Å². The molecule has 25 heavy (non-hydrogen) atoms. The van der Waals surface area contributed by atoms with Crippen LogP contribution in [-0.4, -0.2) is 57.8 Å². The summed E-state index contributed by atoms with van der Waals surface area (Å²) in [6.45, 7) is 0.999. The predicted octanol–water partition coefficient (Wildman–Crippen LogP) is 1.76. The lowest BCUT2D eigenvalue weighted by atomic mass is 9.85. The molecule has 136 valence electrons. The molecule has 3 rings (SSSR count). The monoisotopic (exact) mass is 363 g/mol. The fourth-order valence-electron chi connectivity index (χ4n) is 3.15. The third kappa shape index (κ3) is 6.01. The standard InChI is InChI=1S/C18H25N3O3S/c22-17(12-25-11-14-3-1-2-6-19-14)20-15-7-16(8-15)21(10-18(23)24)9-13-4-5-13/h1-3,6,13,15-16H,4-5,7-12H2,(H,20,22)(H,23,24). The van der Waals surface area contributed by atoms with Gasteiger partial charge in [0, 0.05) is 30.6 Å². The Morgan fingerprint density at radius 1 is 1.32 bits per heavy atom. The molecular weight excluding hydrogens is 338 g/mol. The summed E-state index contributed by atoms with van der Waals surface area (Å²) in [5.41, 5.74) is 0.980. The van der Waals surface area contributed by atoms with Crippen LogP contribution in [0.5, 0.6) is 0 Å². The van der Waals surface area contributed by atoms with E-state index in [0.29, 0.717) is 17.7 Å². The minimum Gasteiger partial charge on any atom is -0.480 e. The Morgan fingerprint density at radius 3 is 2.76 bits per heavy atom. The first-order valence-electron chi connectivity index (χ1n) is 8.83. The summed E-state index contributed by atoms with van der Waals surface area (Å²) in [4.78, 5) is 29.4. The van der Waals surface area contributed by atoms with Crippen LogP contribution < -0.4 is 5.32 Å². The van der Waals surface area contributed by atoms with Crippen molar-refractivity contribution in [2.45, 2.75) is 43.5 Å². The minimum atomic E-state index is -0.765. The lowest BCUT2D eigenvalue weighted by Gasteiger charge is -2.42. The maximum absolute atomic E-state index is 12.0. The van der Waals surface area contributed by atoms with Gasteiger partial charge in [0.05, 0.1) is 18.0 Å². The molecular formula is C18H25N3O3S. The van der Waals surface area contributed by atoms with Gasteiger partial charge in [-0.05, 0) is 43.7 Å². The zero-order chi connectivity index (χ0) is 17.6. The van der Waals surface area contributed by atoms with E-state index in [1.165, 1.54) is 12.8 Å². The summed E-state index contributed by atoms with van der Waals surface area (Å²) in [5, 5.41) is 12.1. The van der Waals surface area contributed by atoms with Gasteiger partial charge in [0.25, 0.3) is 0 Å². The number of amides is 1. The molecule has 0 aliphatic heterocycles. The van der Waals surface area contributed by atoms with E-state index in [-0.39, 0.29) is 18.5 Å². The van der Waals surface area contributed by atoms with Gasteiger partial charge in [0.2, 0.25) is 5.91 Å². The lowest BCUT2D eigenvalue weighted by Crippen LogP contribution is -2.55. The number of carboxylic acids is 1. The average molecular weight is 363 g/mol.